The summed E-state index contributed by atoms with van der Waals surface area (Å²) in [4.78, 5) is 4.54. The smallest absolute Gasteiger partial charge is 0.314 e. The van der Waals surface area contributed by atoms with Crippen LogP contribution in [0.15, 0.2) is 16.8 Å². The molecule has 0 aliphatic rings. The number of halogens is 2. The second-order valence-corrected chi connectivity index (χ2v) is 8.81. The van der Waals surface area contributed by atoms with E-state index in [4.69, 9.17) is 4.42 Å². The average Bonchev–Trinajstić information content (AvgIpc) is 3.34. The van der Waals surface area contributed by atoms with Crippen LogP contribution >= 0.6 is 11.3 Å². The van der Waals surface area contributed by atoms with Gasteiger partial charge >= 0.3 is 6.43 Å². The zero-order chi connectivity index (χ0) is 19.8. The van der Waals surface area contributed by atoms with Crippen molar-refractivity contribution in [2.24, 2.45) is 7.05 Å². The van der Waals surface area contributed by atoms with Crippen LogP contribution in [0.2, 0.25) is 0 Å². The van der Waals surface area contributed by atoms with Gasteiger partial charge in [-0.25, -0.2) is 13.4 Å². The lowest BCUT2D eigenvalue weighted by Gasteiger charge is -2.22. The van der Waals surface area contributed by atoms with Gasteiger partial charge in [0.1, 0.15) is 9.88 Å². The lowest BCUT2D eigenvalue weighted by Crippen LogP contribution is -2.32. The van der Waals surface area contributed by atoms with E-state index in [1.807, 2.05) is 0 Å². The fourth-order valence-corrected chi connectivity index (χ4v) is 4.27. The quantitative estimate of drug-likeness (QED) is 0.580. The van der Waals surface area contributed by atoms with Crippen molar-refractivity contribution in [2.75, 3.05) is 10.1 Å². The lowest BCUT2D eigenvalue weighted by atomic mass is 10.4. The monoisotopic (exact) mass is 418 g/mol. The van der Waals surface area contributed by atoms with E-state index in [9.17, 15) is 17.2 Å². The van der Waals surface area contributed by atoms with Gasteiger partial charge in [-0.3, -0.25) is 8.99 Å². The fraction of sp³-hybridized carbons (Fsp3) is 0.429. The van der Waals surface area contributed by atoms with E-state index >= 15 is 0 Å². The first-order valence-corrected chi connectivity index (χ1v) is 10.2. The number of hydrogen-bond acceptors (Lipinski definition) is 8. The number of sulfonamides is 1. The standard InChI is InChI=1S/C14H16F2N6O3S2/c1-4-27(23,24)22(9-5-18-21(3)8(9)2)7-11-17-6-10(26-11)13-19-20-14(25-13)12(15)16/h5-6,12H,4,7H2,1-3H3. The van der Waals surface area contributed by atoms with Crippen LogP contribution in [0.1, 0.15) is 29.9 Å². The van der Waals surface area contributed by atoms with Crippen LogP contribution in [0, 0.1) is 6.92 Å². The summed E-state index contributed by atoms with van der Waals surface area (Å²) < 4.78 is 58.0. The Kier molecular flexibility index (Phi) is 5.24. The summed E-state index contributed by atoms with van der Waals surface area (Å²) in [5, 5.41) is 11.4. The molecule has 0 saturated heterocycles. The van der Waals surface area contributed by atoms with E-state index in [1.165, 1.54) is 16.7 Å². The Hall–Kier alpha value is -2.41. The molecule has 0 bridgehead atoms. The van der Waals surface area contributed by atoms with Crippen molar-refractivity contribution in [3.63, 3.8) is 0 Å². The normalized spacial score (nSPS) is 12.1. The second kappa shape index (κ2) is 7.31. The predicted molar refractivity (Wildman–Crippen MR) is 94.0 cm³/mol. The van der Waals surface area contributed by atoms with Crippen molar-refractivity contribution in [1.82, 2.24) is 25.0 Å². The minimum absolute atomic E-state index is 0.0246. The van der Waals surface area contributed by atoms with Gasteiger partial charge in [-0.15, -0.1) is 21.5 Å². The number of thiazole rings is 1. The topological polar surface area (TPSA) is 107 Å². The minimum atomic E-state index is -3.59. The van der Waals surface area contributed by atoms with Crippen molar-refractivity contribution in [1.29, 1.82) is 0 Å². The summed E-state index contributed by atoms with van der Waals surface area (Å²) in [6.45, 7) is 3.28. The van der Waals surface area contributed by atoms with Gasteiger partial charge in [0.2, 0.25) is 10.0 Å². The zero-order valence-electron chi connectivity index (χ0n) is 14.6. The highest BCUT2D eigenvalue weighted by Gasteiger charge is 2.26. The maximum absolute atomic E-state index is 12.6. The van der Waals surface area contributed by atoms with Crippen molar-refractivity contribution >= 4 is 27.0 Å². The lowest BCUT2D eigenvalue weighted by molar-refractivity contribution is 0.116. The van der Waals surface area contributed by atoms with Gasteiger partial charge in [0, 0.05) is 7.05 Å². The highest BCUT2D eigenvalue weighted by Crippen LogP contribution is 2.30. The number of aryl methyl sites for hydroxylation is 1. The summed E-state index contributed by atoms with van der Waals surface area (Å²) in [6.07, 6.45) is -0.00283. The average molecular weight is 418 g/mol. The van der Waals surface area contributed by atoms with Crippen LogP contribution in [-0.4, -0.2) is 39.1 Å². The molecule has 3 aromatic rings. The molecule has 0 unspecified atom stereocenters. The Morgan fingerprint density at radius 3 is 2.63 bits per heavy atom. The van der Waals surface area contributed by atoms with Crippen molar-refractivity contribution in [3.05, 3.63) is 29.0 Å². The summed E-state index contributed by atoms with van der Waals surface area (Å²) in [6, 6.07) is 0. The predicted octanol–water partition coefficient (Wildman–Crippen LogP) is 2.53. The molecule has 0 atom stereocenters. The molecule has 0 aromatic carbocycles. The van der Waals surface area contributed by atoms with Crippen LogP contribution in [0.5, 0.6) is 0 Å². The largest absolute Gasteiger partial charge is 0.414 e. The van der Waals surface area contributed by atoms with Crippen LogP contribution in [0.3, 0.4) is 0 Å². The third-order valence-electron chi connectivity index (χ3n) is 3.85. The molecule has 3 aromatic heterocycles. The molecule has 0 spiro atoms. The van der Waals surface area contributed by atoms with Gasteiger partial charge in [0.05, 0.1) is 36.1 Å². The van der Waals surface area contributed by atoms with Crippen LogP contribution in [0.25, 0.3) is 10.8 Å². The van der Waals surface area contributed by atoms with Gasteiger partial charge in [0.25, 0.3) is 11.8 Å². The molecule has 0 aliphatic heterocycles. The molecular formula is C14H16F2N6O3S2. The van der Waals surface area contributed by atoms with Crippen molar-refractivity contribution in [3.8, 4) is 10.8 Å². The van der Waals surface area contributed by atoms with E-state index in [0.717, 1.165) is 11.3 Å². The first kappa shape index (κ1) is 19.4. The highest BCUT2D eigenvalue weighted by molar-refractivity contribution is 7.92. The molecule has 0 radical (unpaired) electrons. The molecule has 146 valence electrons. The Morgan fingerprint density at radius 2 is 2.07 bits per heavy atom. The van der Waals surface area contributed by atoms with Gasteiger partial charge < -0.3 is 4.42 Å². The Balaban J connectivity index is 1.91. The van der Waals surface area contributed by atoms with Crippen molar-refractivity contribution in [2.45, 2.75) is 26.8 Å². The van der Waals surface area contributed by atoms with E-state index in [2.05, 4.69) is 20.3 Å². The third-order valence-corrected chi connectivity index (χ3v) is 6.55. The van der Waals surface area contributed by atoms with E-state index in [0.29, 0.717) is 21.3 Å². The number of nitrogens with zero attached hydrogens (tertiary/aromatic N) is 6. The van der Waals surface area contributed by atoms with Gasteiger partial charge in [-0.2, -0.15) is 13.9 Å². The molecule has 0 amide bonds. The van der Waals surface area contributed by atoms with Crippen LogP contribution in [-0.2, 0) is 23.6 Å². The molecule has 0 N–H and O–H groups in total. The van der Waals surface area contributed by atoms with E-state index in [-0.39, 0.29) is 18.2 Å². The van der Waals surface area contributed by atoms with Gasteiger partial charge in [-0.1, -0.05) is 0 Å². The molecule has 0 saturated carbocycles. The Morgan fingerprint density at radius 1 is 1.33 bits per heavy atom. The summed E-state index contributed by atoms with van der Waals surface area (Å²) in [7, 11) is -1.87. The Bertz CT molecular complexity index is 1040. The third kappa shape index (κ3) is 3.83. The maximum Gasteiger partial charge on any atom is 0.314 e. The number of anilines is 1. The molecule has 0 fully saturated rings. The molecule has 3 heterocycles. The van der Waals surface area contributed by atoms with Crippen molar-refractivity contribution < 1.29 is 21.6 Å². The van der Waals surface area contributed by atoms with Crippen LogP contribution < -0.4 is 4.31 Å². The molecule has 3 rings (SSSR count). The molecule has 9 nitrogen and oxygen atoms in total. The Labute approximate surface area is 157 Å². The SMILES string of the molecule is CCS(=O)(=O)N(Cc1ncc(-c2nnc(C(F)F)o2)s1)c1cnn(C)c1C. The first-order chi connectivity index (χ1) is 12.7. The maximum atomic E-state index is 12.6. The van der Waals surface area contributed by atoms with Gasteiger partial charge in [-0.05, 0) is 13.8 Å². The molecule has 27 heavy (non-hydrogen) atoms. The summed E-state index contributed by atoms with van der Waals surface area (Å²) in [5.41, 5.74) is 1.14. The van der Waals surface area contributed by atoms with E-state index < -0.39 is 22.3 Å². The highest BCUT2D eigenvalue weighted by atomic mass is 32.2. The molecular weight excluding hydrogens is 402 g/mol. The molecule has 0 aliphatic carbocycles. The second-order valence-electron chi connectivity index (χ2n) is 5.51. The van der Waals surface area contributed by atoms with Gasteiger partial charge in [0.15, 0.2) is 0 Å². The zero-order valence-corrected chi connectivity index (χ0v) is 16.3. The van der Waals surface area contributed by atoms with E-state index in [1.54, 1.807) is 25.6 Å². The number of aromatic nitrogens is 5. The number of hydrogen-bond donors (Lipinski definition) is 0. The molecule has 13 heteroatoms. The minimum Gasteiger partial charge on any atom is -0.414 e. The van der Waals surface area contributed by atoms with Crippen LogP contribution in [0.4, 0.5) is 14.5 Å². The number of rotatable bonds is 7. The summed E-state index contributed by atoms with van der Waals surface area (Å²) in [5.74, 6) is -0.960. The number of alkyl halides is 2. The first-order valence-electron chi connectivity index (χ1n) is 7.78. The summed E-state index contributed by atoms with van der Waals surface area (Å²) >= 11 is 1.09. The fourth-order valence-electron chi connectivity index (χ4n) is 2.25.